The molecule has 76 valence electrons. The molecule has 1 aliphatic rings. The third-order valence-electron chi connectivity index (χ3n) is 2.27. The molecule has 2 rings (SSSR count). The van der Waals surface area contributed by atoms with E-state index >= 15 is 0 Å². The second-order valence-corrected chi connectivity index (χ2v) is 4.13. The summed E-state index contributed by atoms with van der Waals surface area (Å²) in [6.07, 6.45) is 3.50. The monoisotopic (exact) mass is 257 g/mol. The first-order valence-corrected chi connectivity index (χ1v) is 5.38. The zero-order valence-electron chi connectivity index (χ0n) is 7.98. The normalized spacial score (nSPS) is 22.4. The Labute approximate surface area is 91.4 Å². The maximum absolute atomic E-state index is 5.36. The summed E-state index contributed by atoms with van der Waals surface area (Å²) < 4.78 is 6.12. The molecule has 2 heterocycles. The standard InChI is InChI=1S/C9H12BrN3O/c1-7-6-14-3-2-13(7)9-5-11-8(10)4-12-9/h4-5,7H,2-3,6H2,1H3. The molecule has 1 fully saturated rings. The number of ether oxygens (including phenoxy) is 1. The predicted molar refractivity (Wildman–Crippen MR) is 57.4 cm³/mol. The number of anilines is 1. The van der Waals surface area contributed by atoms with Crippen LogP contribution in [0.4, 0.5) is 5.82 Å². The highest BCUT2D eigenvalue weighted by molar-refractivity contribution is 9.10. The van der Waals surface area contributed by atoms with Gasteiger partial charge in [0.25, 0.3) is 0 Å². The van der Waals surface area contributed by atoms with Crippen molar-refractivity contribution in [1.82, 2.24) is 9.97 Å². The van der Waals surface area contributed by atoms with E-state index < -0.39 is 0 Å². The van der Waals surface area contributed by atoms with Crippen LogP contribution in [0.3, 0.4) is 0 Å². The van der Waals surface area contributed by atoms with Crippen molar-refractivity contribution in [2.75, 3.05) is 24.7 Å². The second-order valence-electron chi connectivity index (χ2n) is 3.31. The summed E-state index contributed by atoms with van der Waals surface area (Å²) in [7, 11) is 0. The largest absolute Gasteiger partial charge is 0.377 e. The van der Waals surface area contributed by atoms with Crippen LogP contribution in [-0.2, 0) is 4.74 Å². The van der Waals surface area contributed by atoms with Crippen LogP contribution in [0, 0.1) is 0 Å². The quantitative estimate of drug-likeness (QED) is 0.764. The van der Waals surface area contributed by atoms with Gasteiger partial charge in [0.05, 0.1) is 31.6 Å². The smallest absolute Gasteiger partial charge is 0.147 e. The van der Waals surface area contributed by atoms with Gasteiger partial charge in [-0.15, -0.1) is 0 Å². The third-order valence-corrected chi connectivity index (χ3v) is 2.68. The van der Waals surface area contributed by atoms with Gasteiger partial charge in [-0.1, -0.05) is 0 Å². The summed E-state index contributed by atoms with van der Waals surface area (Å²) in [6, 6.07) is 0.374. The molecule has 0 N–H and O–H groups in total. The number of hydrogen-bond acceptors (Lipinski definition) is 4. The lowest BCUT2D eigenvalue weighted by molar-refractivity contribution is 0.0985. The first-order chi connectivity index (χ1) is 6.77. The van der Waals surface area contributed by atoms with E-state index in [1.54, 1.807) is 12.4 Å². The molecule has 1 unspecified atom stereocenters. The summed E-state index contributed by atoms with van der Waals surface area (Å²) in [5.74, 6) is 0.920. The minimum atomic E-state index is 0.374. The van der Waals surface area contributed by atoms with Gasteiger partial charge in [-0.2, -0.15) is 0 Å². The van der Waals surface area contributed by atoms with Gasteiger partial charge in [0.1, 0.15) is 10.4 Å². The van der Waals surface area contributed by atoms with Gasteiger partial charge in [-0.3, -0.25) is 0 Å². The second kappa shape index (κ2) is 4.23. The van der Waals surface area contributed by atoms with Gasteiger partial charge in [0.15, 0.2) is 0 Å². The van der Waals surface area contributed by atoms with Gasteiger partial charge in [-0.25, -0.2) is 9.97 Å². The van der Waals surface area contributed by atoms with Crippen LogP contribution in [0.25, 0.3) is 0 Å². The fourth-order valence-electron chi connectivity index (χ4n) is 1.52. The van der Waals surface area contributed by atoms with Crippen LogP contribution in [0.5, 0.6) is 0 Å². The minimum absolute atomic E-state index is 0.374. The summed E-state index contributed by atoms with van der Waals surface area (Å²) in [5.41, 5.74) is 0. The summed E-state index contributed by atoms with van der Waals surface area (Å²) in [4.78, 5) is 10.7. The van der Waals surface area contributed by atoms with Crippen molar-refractivity contribution in [2.24, 2.45) is 0 Å². The Bertz CT molecular complexity index is 303. The molecule has 0 spiro atoms. The van der Waals surface area contributed by atoms with Crippen molar-refractivity contribution < 1.29 is 4.74 Å². The Balaban J connectivity index is 2.16. The highest BCUT2D eigenvalue weighted by atomic mass is 79.9. The van der Waals surface area contributed by atoms with E-state index in [4.69, 9.17) is 4.74 Å². The summed E-state index contributed by atoms with van der Waals surface area (Å²) in [6.45, 7) is 4.54. The van der Waals surface area contributed by atoms with Crippen molar-refractivity contribution >= 4 is 21.7 Å². The van der Waals surface area contributed by atoms with Crippen molar-refractivity contribution in [1.29, 1.82) is 0 Å². The Morgan fingerprint density at radius 2 is 2.36 bits per heavy atom. The van der Waals surface area contributed by atoms with Gasteiger partial charge < -0.3 is 9.64 Å². The van der Waals surface area contributed by atoms with Crippen molar-refractivity contribution in [3.8, 4) is 0 Å². The number of nitrogens with zero attached hydrogens (tertiary/aromatic N) is 3. The topological polar surface area (TPSA) is 38.2 Å². The van der Waals surface area contributed by atoms with E-state index in [1.165, 1.54) is 0 Å². The van der Waals surface area contributed by atoms with E-state index in [9.17, 15) is 0 Å². The molecule has 0 aliphatic carbocycles. The molecule has 4 nitrogen and oxygen atoms in total. The minimum Gasteiger partial charge on any atom is -0.377 e. The SMILES string of the molecule is CC1COCCN1c1cnc(Br)cn1. The Hall–Kier alpha value is -0.680. The van der Waals surface area contributed by atoms with Gasteiger partial charge in [0.2, 0.25) is 0 Å². The number of aromatic nitrogens is 2. The first-order valence-electron chi connectivity index (χ1n) is 4.59. The molecule has 0 amide bonds. The van der Waals surface area contributed by atoms with Gasteiger partial charge >= 0.3 is 0 Å². The molecule has 0 radical (unpaired) electrons. The lowest BCUT2D eigenvalue weighted by Crippen LogP contribution is -2.44. The highest BCUT2D eigenvalue weighted by Crippen LogP contribution is 2.16. The van der Waals surface area contributed by atoms with Crippen LogP contribution in [0.15, 0.2) is 17.0 Å². The Morgan fingerprint density at radius 3 is 3.00 bits per heavy atom. The maximum Gasteiger partial charge on any atom is 0.147 e. The zero-order chi connectivity index (χ0) is 9.97. The van der Waals surface area contributed by atoms with E-state index in [1.807, 2.05) is 0 Å². The van der Waals surface area contributed by atoms with E-state index in [0.29, 0.717) is 6.04 Å². The van der Waals surface area contributed by atoms with Gasteiger partial charge in [0, 0.05) is 6.54 Å². The average Bonchev–Trinajstić information content (AvgIpc) is 2.20. The molecule has 1 aliphatic heterocycles. The van der Waals surface area contributed by atoms with Gasteiger partial charge in [-0.05, 0) is 22.9 Å². The highest BCUT2D eigenvalue weighted by Gasteiger charge is 2.19. The molecule has 1 atom stereocenters. The molecule has 1 saturated heterocycles. The number of halogens is 1. The van der Waals surface area contributed by atoms with Crippen LogP contribution in [0.1, 0.15) is 6.92 Å². The number of morpholine rings is 1. The lowest BCUT2D eigenvalue weighted by atomic mass is 10.2. The number of hydrogen-bond donors (Lipinski definition) is 0. The zero-order valence-corrected chi connectivity index (χ0v) is 9.57. The van der Waals surface area contributed by atoms with Crippen molar-refractivity contribution in [3.05, 3.63) is 17.0 Å². The van der Waals surface area contributed by atoms with Crippen molar-refractivity contribution in [2.45, 2.75) is 13.0 Å². The van der Waals surface area contributed by atoms with E-state index in [-0.39, 0.29) is 0 Å². The maximum atomic E-state index is 5.36. The van der Waals surface area contributed by atoms with Crippen LogP contribution in [0.2, 0.25) is 0 Å². The average molecular weight is 258 g/mol. The fourth-order valence-corrected chi connectivity index (χ4v) is 1.73. The third kappa shape index (κ3) is 2.04. The molecule has 0 saturated carbocycles. The van der Waals surface area contributed by atoms with E-state index in [2.05, 4.69) is 37.7 Å². The molecule has 0 aromatic carbocycles. The molecule has 5 heteroatoms. The molecule has 1 aromatic rings. The van der Waals surface area contributed by atoms with Crippen LogP contribution in [-0.4, -0.2) is 35.8 Å². The summed E-state index contributed by atoms with van der Waals surface area (Å²) in [5, 5.41) is 0. The molecular formula is C9H12BrN3O. The molecule has 1 aromatic heterocycles. The van der Waals surface area contributed by atoms with Crippen LogP contribution < -0.4 is 4.90 Å². The molecular weight excluding hydrogens is 246 g/mol. The van der Waals surface area contributed by atoms with Crippen LogP contribution >= 0.6 is 15.9 Å². The first kappa shape index (κ1) is 9.86. The van der Waals surface area contributed by atoms with Crippen molar-refractivity contribution in [3.63, 3.8) is 0 Å². The molecule has 0 bridgehead atoms. The molecule has 14 heavy (non-hydrogen) atoms. The van der Waals surface area contributed by atoms with E-state index in [0.717, 1.165) is 30.2 Å². The predicted octanol–water partition coefficient (Wildman–Crippen LogP) is 1.46. The number of rotatable bonds is 1. The lowest BCUT2D eigenvalue weighted by Gasteiger charge is -2.33. The fraction of sp³-hybridized carbons (Fsp3) is 0.556. The summed E-state index contributed by atoms with van der Waals surface area (Å²) >= 11 is 3.27. The Morgan fingerprint density at radius 1 is 1.50 bits per heavy atom. The Kier molecular flexibility index (Phi) is 2.98.